The quantitative estimate of drug-likeness (QED) is 0.679. The predicted octanol–water partition coefficient (Wildman–Crippen LogP) is 3.31. The maximum atomic E-state index is 11.1. The molecule has 0 saturated carbocycles. The van der Waals surface area contributed by atoms with Gasteiger partial charge in [0.25, 0.3) is 5.91 Å². The Kier molecular flexibility index (Phi) is 5.18. The van der Waals surface area contributed by atoms with E-state index < -0.39 is 5.91 Å². The molecule has 5 heteroatoms. The molecule has 0 aliphatic heterocycles. The van der Waals surface area contributed by atoms with Crippen LogP contribution in [-0.4, -0.2) is 5.91 Å². The molecule has 22 heavy (non-hydrogen) atoms. The Labute approximate surface area is 133 Å². The molecular formula is C17H13ClN2O2. The van der Waals surface area contributed by atoms with E-state index in [-0.39, 0.29) is 5.57 Å². The Morgan fingerprint density at radius 3 is 2.73 bits per heavy atom. The Morgan fingerprint density at radius 2 is 2.05 bits per heavy atom. The highest BCUT2D eigenvalue weighted by Gasteiger charge is 2.07. The molecule has 0 atom stereocenters. The van der Waals surface area contributed by atoms with Crippen LogP contribution in [0.3, 0.4) is 0 Å². The van der Waals surface area contributed by atoms with Crippen LogP contribution < -0.4 is 10.5 Å². The first-order valence-electron chi connectivity index (χ1n) is 6.48. The molecule has 0 aliphatic carbocycles. The number of benzene rings is 2. The topological polar surface area (TPSA) is 76.1 Å². The molecule has 0 radical (unpaired) electrons. The first-order valence-corrected chi connectivity index (χ1v) is 6.86. The van der Waals surface area contributed by atoms with E-state index >= 15 is 0 Å². The molecule has 0 fully saturated rings. The zero-order valence-electron chi connectivity index (χ0n) is 11.6. The zero-order valence-corrected chi connectivity index (χ0v) is 12.4. The first-order chi connectivity index (χ1) is 10.6. The van der Waals surface area contributed by atoms with Crippen LogP contribution >= 0.6 is 11.6 Å². The van der Waals surface area contributed by atoms with Crippen LogP contribution in [0.1, 0.15) is 11.1 Å². The smallest absolute Gasteiger partial charge is 0.259 e. The summed E-state index contributed by atoms with van der Waals surface area (Å²) in [5.41, 5.74) is 6.54. The van der Waals surface area contributed by atoms with Gasteiger partial charge >= 0.3 is 0 Å². The average Bonchev–Trinajstić information content (AvgIpc) is 2.51. The van der Waals surface area contributed by atoms with Gasteiger partial charge in [-0.3, -0.25) is 4.79 Å². The maximum absolute atomic E-state index is 11.1. The summed E-state index contributed by atoms with van der Waals surface area (Å²) >= 11 is 5.93. The predicted molar refractivity (Wildman–Crippen MR) is 85.0 cm³/mol. The van der Waals surface area contributed by atoms with Gasteiger partial charge in [-0.1, -0.05) is 41.9 Å². The second kappa shape index (κ2) is 7.30. The summed E-state index contributed by atoms with van der Waals surface area (Å²) in [6.07, 6.45) is 1.41. The number of rotatable bonds is 5. The molecule has 0 aromatic heterocycles. The number of amides is 1. The van der Waals surface area contributed by atoms with Gasteiger partial charge in [0.1, 0.15) is 24.0 Å². The number of para-hydroxylation sites is 1. The minimum absolute atomic E-state index is 0.126. The van der Waals surface area contributed by atoms with Crippen LogP contribution in [0, 0.1) is 11.3 Å². The number of nitriles is 1. The molecule has 0 spiro atoms. The van der Waals surface area contributed by atoms with E-state index in [1.54, 1.807) is 36.4 Å². The molecule has 4 nitrogen and oxygen atoms in total. The van der Waals surface area contributed by atoms with Crippen molar-refractivity contribution in [3.63, 3.8) is 0 Å². The van der Waals surface area contributed by atoms with Crippen molar-refractivity contribution in [1.29, 1.82) is 5.26 Å². The van der Waals surface area contributed by atoms with Gasteiger partial charge < -0.3 is 10.5 Å². The number of ether oxygens (including phenoxy) is 1. The number of carbonyl (C=O) groups is 1. The lowest BCUT2D eigenvalue weighted by Crippen LogP contribution is -2.12. The van der Waals surface area contributed by atoms with E-state index in [0.29, 0.717) is 22.9 Å². The summed E-state index contributed by atoms with van der Waals surface area (Å²) in [5, 5.41) is 9.55. The number of hydrogen-bond donors (Lipinski definition) is 1. The average molecular weight is 313 g/mol. The summed E-state index contributed by atoms with van der Waals surface area (Å²) < 4.78 is 5.74. The summed E-state index contributed by atoms with van der Waals surface area (Å²) in [5.74, 6) is -0.219. The van der Waals surface area contributed by atoms with E-state index in [1.165, 1.54) is 6.08 Å². The fraction of sp³-hybridized carbons (Fsp3) is 0.0588. The Hall–Kier alpha value is -2.77. The zero-order chi connectivity index (χ0) is 15.9. The highest BCUT2D eigenvalue weighted by Crippen LogP contribution is 2.22. The lowest BCUT2D eigenvalue weighted by molar-refractivity contribution is -0.114. The second-order valence-corrected chi connectivity index (χ2v) is 4.93. The van der Waals surface area contributed by atoms with Crippen LogP contribution in [0.4, 0.5) is 0 Å². The molecule has 0 heterocycles. The van der Waals surface area contributed by atoms with Gasteiger partial charge in [-0.15, -0.1) is 0 Å². The van der Waals surface area contributed by atoms with Crippen molar-refractivity contribution < 1.29 is 9.53 Å². The molecule has 2 aromatic rings. The third-order valence-electron chi connectivity index (χ3n) is 2.89. The number of hydrogen-bond acceptors (Lipinski definition) is 3. The van der Waals surface area contributed by atoms with E-state index in [9.17, 15) is 4.79 Å². The van der Waals surface area contributed by atoms with Crippen LogP contribution in [0.5, 0.6) is 5.75 Å². The van der Waals surface area contributed by atoms with Gasteiger partial charge in [-0.05, 0) is 29.8 Å². The van der Waals surface area contributed by atoms with E-state index in [2.05, 4.69) is 0 Å². The minimum atomic E-state index is -0.771. The van der Waals surface area contributed by atoms with Crippen molar-refractivity contribution in [3.8, 4) is 11.8 Å². The van der Waals surface area contributed by atoms with Crippen molar-refractivity contribution in [2.24, 2.45) is 5.73 Å². The third-order valence-corrected chi connectivity index (χ3v) is 3.12. The molecule has 2 N–H and O–H groups in total. The molecule has 0 bridgehead atoms. The van der Waals surface area contributed by atoms with Gasteiger partial charge in [0.05, 0.1) is 0 Å². The summed E-state index contributed by atoms with van der Waals surface area (Å²) in [4.78, 5) is 11.1. The molecule has 0 unspecified atom stereocenters. The number of primary amides is 1. The Balaban J connectivity index is 2.22. The van der Waals surface area contributed by atoms with Gasteiger partial charge in [0, 0.05) is 10.6 Å². The molecule has 0 aliphatic rings. The second-order valence-electron chi connectivity index (χ2n) is 4.49. The summed E-state index contributed by atoms with van der Waals surface area (Å²) in [7, 11) is 0. The number of halogens is 1. The Bertz CT molecular complexity index is 763. The van der Waals surface area contributed by atoms with Crippen molar-refractivity contribution >= 4 is 23.6 Å². The number of nitrogens with zero attached hydrogens (tertiary/aromatic N) is 1. The highest BCUT2D eigenvalue weighted by molar-refractivity contribution is 6.30. The number of nitrogens with two attached hydrogens (primary N) is 1. The maximum Gasteiger partial charge on any atom is 0.259 e. The van der Waals surface area contributed by atoms with E-state index in [4.69, 9.17) is 27.3 Å². The van der Waals surface area contributed by atoms with Gasteiger partial charge in [-0.2, -0.15) is 5.26 Å². The van der Waals surface area contributed by atoms with Crippen molar-refractivity contribution in [2.75, 3.05) is 0 Å². The van der Waals surface area contributed by atoms with E-state index in [1.807, 2.05) is 18.2 Å². The number of carbonyl (C=O) groups excluding carboxylic acids is 1. The van der Waals surface area contributed by atoms with Crippen LogP contribution in [0.15, 0.2) is 54.1 Å². The summed E-state index contributed by atoms with van der Waals surface area (Å²) in [6.45, 7) is 0.323. The van der Waals surface area contributed by atoms with Crippen LogP contribution in [-0.2, 0) is 11.4 Å². The molecular weight excluding hydrogens is 300 g/mol. The highest BCUT2D eigenvalue weighted by atomic mass is 35.5. The fourth-order valence-corrected chi connectivity index (χ4v) is 2.05. The molecule has 2 aromatic carbocycles. The largest absolute Gasteiger partial charge is 0.488 e. The molecule has 110 valence electrons. The van der Waals surface area contributed by atoms with Crippen molar-refractivity contribution in [3.05, 3.63) is 70.3 Å². The van der Waals surface area contributed by atoms with Gasteiger partial charge in [0.2, 0.25) is 0 Å². The van der Waals surface area contributed by atoms with E-state index in [0.717, 1.165) is 5.56 Å². The Morgan fingerprint density at radius 1 is 1.27 bits per heavy atom. The standard InChI is InChI=1S/C17H13ClN2O2/c18-15-6-3-4-12(8-15)11-22-16-7-2-1-5-13(16)9-14(10-19)17(20)21/h1-9H,11H2,(H2,20,21)/b14-9+. The SMILES string of the molecule is N#C/C(=C\c1ccccc1OCc1cccc(Cl)c1)C(N)=O. The minimum Gasteiger partial charge on any atom is -0.488 e. The normalized spacial score (nSPS) is 10.8. The van der Waals surface area contributed by atoms with Gasteiger partial charge in [0.15, 0.2) is 0 Å². The molecule has 2 rings (SSSR count). The van der Waals surface area contributed by atoms with Crippen molar-refractivity contribution in [1.82, 2.24) is 0 Å². The van der Waals surface area contributed by atoms with Gasteiger partial charge in [-0.25, -0.2) is 0 Å². The third kappa shape index (κ3) is 4.11. The fourth-order valence-electron chi connectivity index (χ4n) is 1.83. The first kappa shape index (κ1) is 15.6. The van der Waals surface area contributed by atoms with Crippen molar-refractivity contribution in [2.45, 2.75) is 6.61 Å². The lowest BCUT2D eigenvalue weighted by Gasteiger charge is -2.09. The summed E-state index contributed by atoms with van der Waals surface area (Å²) in [6, 6.07) is 16.2. The van der Waals surface area contributed by atoms with Crippen LogP contribution in [0.2, 0.25) is 5.02 Å². The monoisotopic (exact) mass is 312 g/mol. The molecule has 1 amide bonds. The lowest BCUT2D eigenvalue weighted by atomic mass is 10.1. The van der Waals surface area contributed by atoms with Crippen LogP contribution in [0.25, 0.3) is 6.08 Å². The molecule has 0 saturated heterocycles.